The predicted octanol–water partition coefficient (Wildman–Crippen LogP) is 3.82. The van der Waals surface area contributed by atoms with E-state index in [2.05, 4.69) is 44.6 Å². The van der Waals surface area contributed by atoms with Gasteiger partial charge in [-0.3, -0.25) is 4.79 Å². The summed E-state index contributed by atoms with van der Waals surface area (Å²) in [7, 11) is 0. The Morgan fingerprint density at radius 3 is 2.94 bits per heavy atom. The average Bonchev–Trinajstić information content (AvgIpc) is 3.27. The molecule has 2 aromatic carbocycles. The van der Waals surface area contributed by atoms with E-state index < -0.39 is 6.10 Å². The van der Waals surface area contributed by atoms with Gasteiger partial charge in [-0.25, -0.2) is 4.98 Å². The fraction of sp³-hybridized carbons (Fsp3) is 0.308. The number of anilines is 2. The van der Waals surface area contributed by atoms with E-state index in [0.29, 0.717) is 33.7 Å². The second-order valence-corrected chi connectivity index (χ2v) is 9.53. The number of imidazole rings is 1. The highest BCUT2D eigenvalue weighted by molar-refractivity contribution is 6.30. The van der Waals surface area contributed by atoms with E-state index in [1.165, 1.54) is 0 Å². The molecular weight excluding hydrogens is 464 g/mol. The van der Waals surface area contributed by atoms with E-state index in [1.54, 1.807) is 30.5 Å². The smallest absolute Gasteiger partial charge is 0.261 e. The largest absolute Gasteiger partial charge is 0.387 e. The maximum Gasteiger partial charge on any atom is 0.261 e. The number of nitrogens with one attached hydrogen (secondary N) is 4. The van der Waals surface area contributed by atoms with Gasteiger partial charge in [-0.15, -0.1) is 0 Å². The summed E-state index contributed by atoms with van der Waals surface area (Å²) in [6.45, 7) is 7.26. The number of hydrogen-bond donors (Lipinski definition) is 5. The van der Waals surface area contributed by atoms with Crippen LogP contribution in [0.4, 0.5) is 11.4 Å². The molecule has 1 fully saturated rings. The summed E-state index contributed by atoms with van der Waals surface area (Å²) in [5.74, 6) is 0.482. The van der Waals surface area contributed by atoms with Crippen molar-refractivity contribution in [3.63, 3.8) is 0 Å². The van der Waals surface area contributed by atoms with Crippen molar-refractivity contribution in [2.45, 2.75) is 26.0 Å². The standard InChI is InChI=1S/C26H29ClN6O2/c1-15-10-19(33-9-8-28-16(2)14-33)12-21-24(15)32-25(31-21)23-20(6-7-29-26(23)35)30-13-22(34)17-4-3-5-18(27)11-17/h3-7,10-12,16,22,28,34H,8-9,13-14H2,1-2H3,(H,31,32)(H2,29,30,35). The number of aliphatic hydroxyl groups excluding tert-OH is 1. The van der Waals surface area contributed by atoms with Crippen LogP contribution >= 0.6 is 11.6 Å². The zero-order chi connectivity index (χ0) is 24.5. The summed E-state index contributed by atoms with van der Waals surface area (Å²) < 4.78 is 0. The molecule has 0 spiro atoms. The molecule has 182 valence electrons. The SMILES string of the molecule is Cc1cc(N2CCNC(C)C2)cc2[nH]c(-c3c(NCC(O)c4cccc(Cl)c4)cc[nH]c3=O)nc12. The first-order valence-corrected chi connectivity index (χ1v) is 12.1. The average molecular weight is 493 g/mol. The molecule has 0 bridgehead atoms. The predicted molar refractivity (Wildman–Crippen MR) is 141 cm³/mol. The van der Waals surface area contributed by atoms with Crippen LogP contribution in [0.1, 0.15) is 24.2 Å². The van der Waals surface area contributed by atoms with Gasteiger partial charge in [0, 0.05) is 49.1 Å². The van der Waals surface area contributed by atoms with Crippen LogP contribution in [0.25, 0.3) is 22.4 Å². The number of pyridine rings is 1. The number of aryl methyl sites for hydroxylation is 1. The van der Waals surface area contributed by atoms with E-state index >= 15 is 0 Å². The molecule has 8 nitrogen and oxygen atoms in total. The number of benzene rings is 2. The van der Waals surface area contributed by atoms with Crippen LogP contribution in [0.3, 0.4) is 0 Å². The summed E-state index contributed by atoms with van der Waals surface area (Å²) in [5, 5.41) is 17.9. The Bertz CT molecular complexity index is 1410. The fourth-order valence-electron chi connectivity index (χ4n) is 4.64. The molecule has 9 heteroatoms. The van der Waals surface area contributed by atoms with Crippen LogP contribution in [0.15, 0.2) is 53.5 Å². The van der Waals surface area contributed by atoms with Gasteiger partial charge in [-0.1, -0.05) is 23.7 Å². The van der Waals surface area contributed by atoms with Crippen LogP contribution in [0.2, 0.25) is 5.02 Å². The van der Waals surface area contributed by atoms with E-state index in [1.807, 2.05) is 13.0 Å². The zero-order valence-electron chi connectivity index (χ0n) is 19.7. The molecule has 0 saturated carbocycles. The molecule has 5 N–H and O–H groups in total. The highest BCUT2D eigenvalue weighted by atomic mass is 35.5. The summed E-state index contributed by atoms with van der Waals surface area (Å²) in [4.78, 5) is 26.1. The van der Waals surface area contributed by atoms with Gasteiger partial charge in [0.25, 0.3) is 5.56 Å². The van der Waals surface area contributed by atoms with Gasteiger partial charge in [0.05, 0.1) is 22.8 Å². The number of hydrogen-bond acceptors (Lipinski definition) is 6. The normalized spacial score (nSPS) is 17.0. The van der Waals surface area contributed by atoms with Gasteiger partial charge in [0.2, 0.25) is 0 Å². The van der Waals surface area contributed by atoms with Crippen molar-refractivity contribution in [3.8, 4) is 11.4 Å². The lowest BCUT2D eigenvalue weighted by molar-refractivity contribution is 0.191. The second kappa shape index (κ2) is 9.73. The third-order valence-corrected chi connectivity index (χ3v) is 6.65. The minimum atomic E-state index is -0.789. The molecule has 35 heavy (non-hydrogen) atoms. The Labute approximate surface area is 208 Å². The van der Waals surface area contributed by atoms with Crippen molar-refractivity contribution in [1.29, 1.82) is 0 Å². The lowest BCUT2D eigenvalue weighted by Gasteiger charge is -2.33. The van der Waals surface area contributed by atoms with Gasteiger partial charge in [0.15, 0.2) is 0 Å². The van der Waals surface area contributed by atoms with Crippen molar-refractivity contribution in [2.24, 2.45) is 0 Å². The third-order valence-electron chi connectivity index (χ3n) is 6.41. The Balaban J connectivity index is 1.45. The third kappa shape index (κ3) is 4.91. The Hall–Kier alpha value is -3.33. The van der Waals surface area contributed by atoms with Crippen LogP contribution in [-0.4, -0.2) is 52.3 Å². The minimum absolute atomic E-state index is 0.210. The van der Waals surface area contributed by atoms with Gasteiger partial charge >= 0.3 is 0 Å². The molecule has 1 aliphatic rings. The maximum absolute atomic E-state index is 12.9. The highest BCUT2D eigenvalue weighted by Crippen LogP contribution is 2.30. The highest BCUT2D eigenvalue weighted by Gasteiger charge is 2.20. The summed E-state index contributed by atoms with van der Waals surface area (Å²) in [5.41, 5.74) is 5.33. The summed E-state index contributed by atoms with van der Waals surface area (Å²) >= 11 is 6.06. The molecule has 2 aromatic heterocycles. The summed E-state index contributed by atoms with van der Waals surface area (Å²) in [6, 6.07) is 13.6. The number of aromatic amines is 2. The van der Waals surface area contributed by atoms with Gasteiger partial charge in [0.1, 0.15) is 11.4 Å². The van der Waals surface area contributed by atoms with Crippen LogP contribution in [0.5, 0.6) is 0 Å². The number of H-pyrrole nitrogens is 2. The van der Waals surface area contributed by atoms with E-state index in [4.69, 9.17) is 16.6 Å². The van der Waals surface area contributed by atoms with Crippen molar-refractivity contribution in [3.05, 3.63) is 75.2 Å². The Morgan fingerprint density at radius 2 is 2.14 bits per heavy atom. The zero-order valence-corrected chi connectivity index (χ0v) is 20.5. The lowest BCUT2D eigenvalue weighted by atomic mass is 10.1. The number of aliphatic hydroxyl groups is 1. The molecule has 0 amide bonds. The Kier molecular flexibility index (Phi) is 6.51. The van der Waals surface area contributed by atoms with Crippen LogP contribution in [0, 0.1) is 6.92 Å². The molecule has 3 heterocycles. The van der Waals surface area contributed by atoms with E-state index in [0.717, 1.165) is 41.9 Å². The van der Waals surface area contributed by atoms with Crippen molar-refractivity contribution in [2.75, 3.05) is 36.4 Å². The topological polar surface area (TPSA) is 109 Å². The second-order valence-electron chi connectivity index (χ2n) is 9.09. The molecule has 0 radical (unpaired) electrons. The first-order valence-electron chi connectivity index (χ1n) is 11.8. The molecule has 2 atom stereocenters. The lowest BCUT2D eigenvalue weighted by Crippen LogP contribution is -2.49. The van der Waals surface area contributed by atoms with Crippen molar-refractivity contribution in [1.82, 2.24) is 20.3 Å². The molecular formula is C26H29ClN6O2. The Morgan fingerprint density at radius 1 is 1.29 bits per heavy atom. The first kappa shape index (κ1) is 23.4. The van der Waals surface area contributed by atoms with Gasteiger partial charge in [-0.2, -0.15) is 0 Å². The minimum Gasteiger partial charge on any atom is -0.387 e. The fourth-order valence-corrected chi connectivity index (χ4v) is 4.84. The quantitative estimate of drug-likeness (QED) is 0.280. The van der Waals surface area contributed by atoms with Crippen LogP contribution < -0.4 is 21.1 Å². The first-order chi connectivity index (χ1) is 16.9. The summed E-state index contributed by atoms with van der Waals surface area (Å²) in [6.07, 6.45) is 0.792. The monoisotopic (exact) mass is 492 g/mol. The molecule has 2 unspecified atom stereocenters. The van der Waals surface area contributed by atoms with Gasteiger partial charge < -0.3 is 30.6 Å². The maximum atomic E-state index is 12.9. The van der Waals surface area contributed by atoms with Crippen LogP contribution in [-0.2, 0) is 0 Å². The van der Waals surface area contributed by atoms with E-state index in [-0.39, 0.29) is 12.1 Å². The number of nitrogens with zero attached hydrogens (tertiary/aromatic N) is 2. The van der Waals surface area contributed by atoms with Gasteiger partial charge in [-0.05, 0) is 55.3 Å². The molecule has 1 aliphatic heterocycles. The molecule has 0 aliphatic carbocycles. The number of rotatable bonds is 6. The number of fused-ring (bicyclic) bond motifs is 1. The van der Waals surface area contributed by atoms with E-state index in [9.17, 15) is 9.90 Å². The molecule has 5 rings (SSSR count). The number of halogens is 1. The van der Waals surface area contributed by atoms with Crippen molar-refractivity contribution < 1.29 is 5.11 Å². The van der Waals surface area contributed by atoms with Crippen molar-refractivity contribution >= 4 is 34.0 Å². The number of aromatic nitrogens is 3. The molecule has 4 aromatic rings. The number of piperazine rings is 1. The molecule has 1 saturated heterocycles.